The first-order valence-electron chi connectivity index (χ1n) is 18.9. The van der Waals surface area contributed by atoms with Crippen molar-refractivity contribution in [2.24, 2.45) is 0 Å². The van der Waals surface area contributed by atoms with E-state index < -0.39 is 0 Å². The van der Waals surface area contributed by atoms with Crippen molar-refractivity contribution < 1.29 is 0 Å². The van der Waals surface area contributed by atoms with Crippen LogP contribution in [0.3, 0.4) is 0 Å². The summed E-state index contributed by atoms with van der Waals surface area (Å²) in [6.07, 6.45) is 3.27. The van der Waals surface area contributed by atoms with Crippen LogP contribution < -0.4 is 0 Å². The zero-order valence-electron chi connectivity index (χ0n) is 30.2. The highest BCUT2D eigenvalue weighted by Gasteiger charge is 2.35. The normalized spacial score (nSPS) is 14.0. The average Bonchev–Trinajstić information content (AvgIpc) is 3.65. The van der Waals surface area contributed by atoms with Gasteiger partial charge in [-0.3, -0.25) is 0 Å². The summed E-state index contributed by atoms with van der Waals surface area (Å²) < 4.78 is 0. The molecule has 8 aromatic carbocycles. The van der Waals surface area contributed by atoms with E-state index in [1.165, 1.54) is 94.2 Å². The zero-order chi connectivity index (χ0) is 35.5. The number of hydrogen-bond donors (Lipinski definition) is 0. The van der Waals surface area contributed by atoms with Gasteiger partial charge in [-0.05, 0) is 107 Å². The minimum atomic E-state index is -0.0173. The van der Waals surface area contributed by atoms with Gasteiger partial charge >= 0.3 is 0 Å². The third-order valence-corrected chi connectivity index (χ3v) is 11.9. The van der Waals surface area contributed by atoms with Gasteiger partial charge in [-0.2, -0.15) is 0 Å². The van der Waals surface area contributed by atoms with Gasteiger partial charge in [0.2, 0.25) is 0 Å². The lowest BCUT2D eigenvalue weighted by molar-refractivity contribution is 0.658. The summed E-state index contributed by atoms with van der Waals surface area (Å²) in [7, 11) is 0. The molecule has 2 aliphatic rings. The van der Waals surface area contributed by atoms with Crippen LogP contribution in [0.4, 0.5) is 0 Å². The van der Waals surface area contributed by atoms with Gasteiger partial charge in [0.05, 0.1) is 0 Å². The van der Waals surface area contributed by atoms with Gasteiger partial charge in [-0.25, -0.2) is 0 Å². The summed E-state index contributed by atoms with van der Waals surface area (Å²) >= 11 is 0. The Labute approximate surface area is 312 Å². The standard InChI is InChI=1S/C53H40/c1-53(2)51-21-10-9-19-47(51)48-31-24-36(34-52(48)53)33-49(42-20-11-13-39-12-3-4-14-41(39)42)40-29-27-38(28-30-40)37-25-22-35(23-26-37)32-50-45-17-7-5-15-43(45)44-16-6-8-18-46(44)50/h3-32,34,49H,33H2,1-2H3. The second-order valence-electron chi connectivity index (χ2n) is 15.3. The predicted molar refractivity (Wildman–Crippen MR) is 224 cm³/mol. The highest BCUT2D eigenvalue weighted by atomic mass is 14.4. The largest absolute Gasteiger partial charge is 0.0619 e. The SMILES string of the molecule is CC1(C)c2ccccc2-c2ccc(CC(c3ccc(-c4ccc(C=C5c6ccccc6-c6ccccc65)cc4)cc3)c3cccc4ccccc34)cc21. The predicted octanol–water partition coefficient (Wildman–Crippen LogP) is 13.8. The molecule has 8 aromatic rings. The maximum absolute atomic E-state index is 2.49. The lowest BCUT2D eigenvalue weighted by atomic mass is 9.80. The minimum absolute atomic E-state index is 0.0173. The van der Waals surface area contributed by atoms with E-state index >= 15 is 0 Å². The first-order valence-corrected chi connectivity index (χ1v) is 18.9. The summed E-state index contributed by atoms with van der Waals surface area (Å²) in [6, 6.07) is 67.7. The van der Waals surface area contributed by atoms with Crippen LogP contribution >= 0.6 is 0 Å². The Morgan fingerprint density at radius 1 is 0.472 bits per heavy atom. The number of benzene rings is 8. The maximum Gasteiger partial charge on any atom is 0.0158 e. The topological polar surface area (TPSA) is 0 Å². The monoisotopic (exact) mass is 676 g/mol. The molecule has 0 heterocycles. The molecule has 252 valence electrons. The molecule has 0 nitrogen and oxygen atoms in total. The van der Waals surface area contributed by atoms with Crippen LogP contribution in [0.25, 0.3) is 55.8 Å². The van der Waals surface area contributed by atoms with Crippen molar-refractivity contribution in [3.05, 3.63) is 226 Å². The van der Waals surface area contributed by atoms with Gasteiger partial charge in [0.15, 0.2) is 0 Å². The molecule has 0 saturated heterocycles. The van der Waals surface area contributed by atoms with Gasteiger partial charge < -0.3 is 0 Å². The fourth-order valence-electron chi connectivity index (χ4n) is 9.13. The molecular formula is C53H40. The molecule has 0 fully saturated rings. The number of fused-ring (bicyclic) bond motifs is 7. The Balaban J connectivity index is 0.983. The second-order valence-corrected chi connectivity index (χ2v) is 15.3. The van der Waals surface area contributed by atoms with Crippen molar-refractivity contribution in [3.63, 3.8) is 0 Å². The van der Waals surface area contributed by atoms with Gasteiger partial charge in [0, 0.05) is 11.3 Å². The van der Waals surface area contributed by atoms with Crippen molar-refractivity contribution in [1.29, 1.82) is 0 Å². The summed E-state index contributed by atoms with van der Waals surface area (Å²) in [4.78, 5) is 0. The molecule has 0 N–H and O–H groups in total. The fraction of sp³-hybridized carbons (Fsp3) is 0.0943. The van der Waals surface area contributed by atoms with Crippen molar-refractivity contribution in [3.8, 4) is 33.4 Å². The van der Waals surface area contributed by atoms with E-state index in [1.54, 1.807) is 0 Å². The van der Waals surface area contributed by atoms with Gasteiger partial charge in [0.1, 0.15) is 0 Å². The summed E-state index contributed by atoms with van der Waals surface area (Å²) in [6.45, 7) is 4.75. The first kappa shape index (κ1) is 31.5. The van der Waals surface area contributed by atoms with Gasteiger partial charge in [-0.15, -0.1) is 0 Å². The van der Waals surface area contributed by atoms with E-state index in [0.29, 0.717) is 0 Å². The fourth-order valence-corrected chi connectivity index (χ4v) is 9.13. The third kappa shape index (κ3) is 5.29. The molecule has 0 bridgehead atoms. The Hall–Kier alpha value is -6.24. The van der Waals surface area contributed by atoms with Gasteiger partial charge in [-0.1, -0.05) is 196 Å². The van der Waals surface area contributed by atoms with E-state index in [2.05, 4.69) is 202 Å². The molecule has 0 heteroatoms. The van der Waals surface area contributed by atoms with Crippen molar-refractivity contribution in [1.82, 2.24) is 0 Å². The molecular weight excluding hydrogens is 637 g/mol. The molecule has 0 amide bonds. The van der Waals surface area contributed by atoms with Crippen molar-refractivity contribution in [2.75, 3.05) is 0 Å². The molecule has 1 atom stereocenters. The van der Waals surface area contributed by atoms with E-state index in [0.717, 1.165) is 6.42 Å². The van der Waals surface area contributed by atoms with Crippen LogP contribution in [0.1, 0.15) is 64.3 Å². The highest BCUT2D eigenvalue weighted by molar-refractivity contribution is 6.06. The van der Waals surface area contributed by atoms with E-state index in [4.69, 9.17) is 0 Å². The van der Waals surface area contributed by atoms with Crippen molar-refractivity contribution >= 4 is 22.4 Å². The molecule has 53 heavy (non-hydrogen) atoms. The Morgan fingerprint density at radius 2 is 1.04 bits per heavy atom. The molecule has 1 unspecified atom stereocenters. The van der Waals surface area contributed by atoms with E-state index in [9.17, 15) is 0 Å². The van der Waals surface area contributed by atoms with Crippen LogP contribution in [0.2, 0.25) is 0 Å². The highest BCUT2D eigenvalue weighted by Crippen LogP contribution is 2.49. The van der Waals surface area contributed by atoms with Crippen LogP contribution in [0.5, 0.6) is 0 Å². The summed E-state index contributed by atoms with van der Waals surface area (Å²) in [5.74, 6) is 0.214. The quantitative estimate of drug-likeness (QED) is 0.164. The summed E-state index contributed by atoms with van der Waals surface area (Å²) in [5.41, 5.74) is 19.9. The molecule has 10 rings (SSSR count). The first-order chi connectivity index (χ1) is 26.0. The molecule has 0 saturated carbocycles. The zero-order valence-corrected chi connectivity index (χ0v) is 30.2. The van der Waals surface area contributed by atoms with Crippen LogP contribution in [0.15, 0.2) is 182 Å². The minimum Gasteiger partial charge on any atom is -0.0619 e. The van der Waals surface area contributed by atoms with Crippen LogP contribution in [0, 0.1) is 0 Å². The Bertz CT molecular complexity index is 2650. The van der Waals surface area contributed by atoms with Crippen LogP contribution in [-0.4, -0.2) is 0 Å². The molecule has 0 aliphatic heterocycles. The van der Waals surface area contributed by atoms with Gasteiger partial charge in [0.25, 0.3) is 0 Å². The lowest BCUT2D eigenvalue weighted by Crippen LogP contribution is -2.15. The maximum atomic E-state index is 2.49. The van der Waals surface area contributed by atoms with Crippen molar-refractivity contribution in [2.45, 2.75) is 31.6 Å². The Morgan fingerprint density at radius 3 is 1.75 bits per heavy atom. The van der Waals surface area contributed by atoms with Crippen LogP contribution in [-0.2, 0) is 11.8 Å². The van der Waals surface area contributed by atoms with E-state index in [-0.39, 0.29) is 11.3 Å². The molecule has 0 aromatic heterocycles. The van der Waals surface area contributed by atoms with E-state index in [1.807, 2.05) is 0 Å². The smallest absolute Gasteiger partial charge is 0.0158 e. The molecule has 0 radical (unpaired) electrons. The third-order valence-electron chi connectivity index (χ3n) is 11.9. The average molecular weight is 677 g/mol. The summed E-state index contributed by atoms with van der Waals surface area (Å²) in [5, 5.41) is 2.62. The number of rotatable bonds is 6. The molecule has 2 aliphatic carbocycles. The Kier molecular flexibility index (Phi) is 7.41. The lowest BCUT2D eigenvalue weighted by Gasteiger charge is -2.24. The molecule has 0 spiro atoms. The second kappa shape index (κ2) is 12.5. The number of hydrogen-bond acceptors (Lipinski definition) is 0.